The van der Waals surface area contributed by atoms with Gasteiger partial charge in [-0.2, -0.15) is 10.1 Å². The molecule has 28 heavy (non-hydrogen) atoms. The van der Waals surface area contributed by atoms with E-state index < -0.39 is 0 Å². The summed E-state index contributed by atoms with van der Waals surface area (Å²) in [5.41, 5.74) is 2.00. The molecule has 0 spiro atoms. The molecule has 1 aliphatic rings. The third-order valence-electron chi connectivity index (χ3n) is 4.60. The van der Waals surface area contributed by atoms with Crippen molar-refractivity contribution in [1.29, 1.82) is 0 Å². The van der Waals surface area contributed by atoms with Crippen LogP contribution in [0.5, 0.6) is 11.6 Å². The van der Waals surface area contributed by atoms with Gasteiger partial charge in [-0.3, -0.25) is 14.4 Å². The number of carbonyl (C=O) groups excluding carboxylic acids is 1. The Balaban J connectivity index is 1.58. The second-order valence-corrected chi connectivity index (χ2v) is 6.69. The van der Waals surface area contributed by atoms with Gasteiger partial charge in [-0.1, -0.05) is 18.2 Å². The molecule has 8 nitrogen and oxygen atoms in total. The first kappa shape index (κ1) is 18.0. The summed E-state index contributed by atoms with van der Waals surface area (Å²) in [6, 6.07) is 11.1. The topological polar surface area (TPSA) is 82.4 Å². The molecule has 8 heteroatoms. The number of hydrogen-bond donors (Lipinski definition) is 0. The van der Waals surface area contributed by atoms with Crippen molar-refractivity contribution in [3.05, 3.63) is 59.5 Å². The molecule has 2 aromatic heterocycles. The molecule has 144 valence electrons. The van der Waals surface area contributed by atoms with Crippen LogP contribution < -0.4 is 14.4 Å². The monoisotopic (exact) mass is 379 g/mol. The molecule has 3 heterocycles. The Morgan fingerprint density at radius 3 is 2.79 bits per heavy atom. The molecule has 1 aromatic carbocycles. The summed E-state index contributed by atoms with van der Waals surface area (Å²) in [5.74, 6) is 1.36. The lowest BCUT2D eigenvalue weighted by Gasteiger charge is -2.31. The predicted octanol–water partition coefficient (Wildman–Crippen LogP) is 2.62. The number of benzene rings is 1. The van der Waals surface area contributed by atoms with E-state index in [1.165, 1.54) is 0 Å². The highest BCUT2D eigenvalue weighted by molar-refractivity contribution is 6.05. The van der Waals surface area contributed by atoms with Gasteiger partial charge in [0.25, 0.3) is 5.91 Å². The van der Waals surface area contributed by atoms with Crippen LogP contribution in [-0.4, -0.2) is 38.8 Å². The SMILES string of the molecule is COc1nc(N2C(=O)c3cc(COc4ccccc4)nn3C[C@H]2C)ncc1C. The maximum Gasteiger partial charge on any atom is 0.279 e. The Kier molecular flexibility index (Phi) is 4.68. The zero-order chi connectivity index (χ0) is 19.7. The molecular formula is C20H21N5O3. The van der Waals surface area contributed by atoms with Crippen molar-refractivity contribution in [1.82, 2.24) is 19.7 Å². The number of aryl methyl sites for hydroxylation is 1. The number of methoxy groups -OCH3 is 1. The molecular weight excluding hydrogens is 358 g/mol. The Morgan fingerprint density at radius 2 is 2.04 bits per heavy atom. The second-order valence-electron chi connectivity index (χ2n) is 6.69. The van der Waals surface area contributed by atoms with Crippen molar-refractivity contribution in [2.24, 2.45) is 0 Å². The van der Waals surface area contributed by atoms with E-state index in [4.69, 9.17) is 9.47 Å². The number of anilines is 1. The van der Waals surface area contributed by atoms with E-state index >= 15 is 0 Å². The summed E-state index contributed by atoms with van der Waals surface area (Å²) in [6.07, 6.45) is 1.66. The van der Waals surface area contributed by atoms with Crippen LogP contribution >= 0.6 is 0 Å². The van der Waals surface area contributed by atoms with Crippen molar-refractivity contribution in [3.63, 3.8) is 0 Å². The van der Waals surface area contributed by atoms with Crippen LogP contribution in [-0.2, 0) is 13.2 Å². The molecule has 4 rings (SSSR count). The Morgan fingerprint density at radius 1 is 1.25 bits per heavy atom. The van der Waals surface area contributed by atoms with Crippen LogP contribution in [0, 0.1) is 6.92 Å². The molecule has 0 bridgehead atoms. The van der Waals surface area contributed by atoms with E-state index in [1.807, 2.05) is 44.2 Å². The van der Waals surface area contributed by atoms with E-state index in [-0.39, 0.29) is 11.9 Å². The first-order valence-corrected chi connectivity index (χ1v) is 9.02. The number of hydrogen-bond acceptors (Lipinski definition) is 6. The lowest BCUT2D eigenvalue weighted by atomic mass is 10.2. The van der Waals surface area contributed by atoms with E-state index in [9.17, 15) is 4.79 Å². The summed E-state index contributed by atoms with van der Waals surface area (Å²) in [7, 11) is 1.55. The fraction of sp³-hybridized carbons (Fsp3) is 0.300. The maximum absolute atomic E-state index is 13.1. The van der Waals surface area contributed by atoms with Crippen LogP contribution in [0.1, 0.15) is 28.7 Å². The molecule has 0 saturated carbocycles. The van der Waals surface area contributed by atoms with E-state index in [0.29, 0.717) is 36.4 Å². The van der Waals surface area contributed by atoms with Gasteiger partial charge < -0.3 is 9.47 Å². The van der Waals surface area contributed by atoms with E-state index in [2.05, 4.69) is 15.1 Å². The van der Waals surface area contributed by atoms with Gasteiger partial charge in [0.1, 0.15) is 23.7 Å². The highest BCUT2D eigenvalue weighted by Gasteiger charge is 2.34. The minimum Gasteiger partial charge on any atom is -0.487 e. The van der Waals surface area contributed by atoms with Crippen molar-refractivity contribution < 1.29 is 14.3 Å². The molecule has 0 fully saturated rings. The van der Waals surface area contributed by atoms with Crippen molar-refractivity contribution in [2.45, 2.75) is 33.0 Å². The lowest BCUT2D eigenvalue weighted by Crippen LogP contribution is -2.47. The fourth-order valence-corrected chi connectivity index (χ4v) is 3.21. The summed E-state index contributed by atoms with van der Waals surface area (Å²) in [5, 5.41) is 4.52. The molecule has 1 amide bonds. The van der Waals surface area contributed by atoms with Gasteiger partial charge in [0.05, 0.1) is 19.7 Å². The average molecular weight is 379 g/mol. The second kappa shape index (κ2) is 7.30. The number of para-hydroxylation sites is 1. The number of ether oxygens (including phenoxy) is 2. The molecule has 0 unspecified atom stereocenters. The van der Waals surface area contributed by atoms with Crippen molar-refractivity contribution in [3.8, 4) is 11.6 Å². The number of aromatic nitrogens is 4. The number of nitrogens with zero attached hydrogens (tertiary/aromatic N) is 5. The summed E-state index contributed by atoms with van der Waals surface area (Å²) in [6.45, 7) is 4.64. The van der Waals surface area contributed by atoms with Crippen LogP contribution in [0.25, 0.3) is 0 Å². The summed E-state index contributed by atoms with van der Waals surface area (Å²) < 4.78 is 12.7. The third kappa shape index (κ3) is 3.28. The molecule has 0 radical (unpaired) electrons. The van der Waals surface area contributed by atoms with E-state index in [0.717, 1.165) is 11.3 Å². The molecule has 0 saturated heterocycles. The van der Waals surface area contributed by atoms with Crippen LogP contribution in [0.2, 0.25) is 0 Å². The van der Waals surface area contributed by atoms with E-state index in [1.54, 1.807) is 29.0 Å². The number of carbonyl (C=O) groups is 1. The zero-order valence-corrected chi connectivity index (χ0v) is 16.0. The van der Waals surface area contributed by atoms with Gasteiger partial charge in [0.2, 0.25) is 11.8 Å². The maximum atomic E-state index is 13.1. The van der Waals surface area contributed by atoms with Crippen LogP contribution in [0.4, 0.5) is 5.95 Å². The standard InChI is InChI=1S/C20H21N5O3/c1-13-10-21-20(22-18(13)27-3)25-14(2)11-24-17(19(25)26)9-15(23-24)12-28-16-7-5-4-6-8-16/h4-10,14H,11-12H2,1-3H3/t14-/m1/s1. The Hall–Kier alpha value is -3.42. The summed E-state index contributed by atoms with van der Waals surface area (Å²) in [4.78, 5) is 23.4. The molecule has 3 aromatic rings. The van der Waals surface area contributed by atoms with Crippen molar-refractivity contribution in [2.75, 3.05) is 12.0 Å². The molecule has 0 N–H and O–H groups in total. The fourth-order valence-electron chi connectivity index (χ4n) is 3.21. The molecule has 1 aliphatic heterocycles. The van der Waals surface area contributed by atoms with Crippen LogP contribution in [0.3, 0.4) is 0 Å². The number of fused-ring (bicyclic) bond motifs is 1. The van der Waals surface area contributed by atoms with Gasteiger partial charge in [0.15, 0.2) is 0 Å². The molecule has 1 atom stereocenters. The number of rotatable bonds is 5. The first-order chi connectivity index (χ1) is 13.6. The largest absolute Gasteiger partial charge is 0.487 e. The van der Waals surface area contributed by atoms with Crippen LogP contribution in [0.15, 0.2) is 42.6 Å². The average Bonchev–Trinajstić information content (AvgIpc) is 3.11. The Bertz CT molecular complexity index is 1000. The quantitative estimate of drug-likeness (QED) is 0.678. The van der Waals surface area contributed by atoms with Gasteiger partial charge in [0, 0.05) is 11.8 Å². The highest BCUT2D eigenvalue weighted by atomic mass is 16.5. The predicted molar refractivity (Wildman–Crippen MR) is 103 cm³/mol. The third-order valence-corrected chi connectivity index (χ3v) is 4.60. The smallest absolute Gasteiger partial charge is 0.279 e. The molecule has 0 aliphatic carbocycles. The zero-order valence-electron chi connectivity index (χ0n) is 16.0. The first-order valence-electron chi connectivity index (χ1n) is 9.02. The van der Waals surface area contributed by atoms with Gasteiger partial charge in [-0.05, 0) is 32.0 Å². The number of amides is 1. The van der Waals surface area contributed by atoms with Crippen molar-refractivity contribution >= 4 is 11.9 Å². The minimum absolute atomic E-state index is 0.143. The summed E-state index contributed by atoms with van der Waals surface area (Å²) >= 11 is 0. The van der Waals surface area contributed by atoms with Gasteiger partial charge in [-0.15, -0.1) is 0 Å². The highest BCUT2D eigenvalue weighted by Crippen LogP contribution is 2.25. The van der Waals surface area contributed by atoms with Gasteiger partial charge in [-0.25, -0.2) is 4.98 Å². The lowest BCUT2D eigenvalue weighted by molar-refractivity contribution is 0.0944. The normalized spacial score (nSPS) is 16.0. The minimum atomic E-state index is -0.192. The Labute approximate surface area is 162 Å². The van der Waals surface area contributed by atoms with Gasteiger partial charge >= 0.3 is 0 Å².